The molecule has 0 spiro atoms. The van der Waals surface area contributed by atoms with E-state index in [1.165, 1.54) is 0 Å². The summed E-state index contributed by atoms with van der Waals surface area (Å²) in [6.07, 6.45) is 3.22. The highest BCUT2D eigenvalue weighted by Crippen LogP contribution is 2.32. The van der Waals surface area contributed by atoms with E-state index in [1.807, 2.05) is 60.1 Å². The Balaban J connectivity index is 1.67. The molecule has 1 N–H and O–H groups in total. The highest BCUT2D eigenvalue weighted by molar-refractivity contribution is 5.77. The zero-order valence-electron chi connectivity index (χ0n) is 16.3. The Morgan fingerprint density at radius 2 is 1.82 bits per heavy atom. The summed E-state index contributed by atoms with van der Waals surface area (Å²) in [5, 5.41) is 7.80. The minimum Gasteiger partial charge on any atom is -0.439 e. The molecule has 0 atom stereocenters. The van der Waals surface area contributed by atoms with Gasteiger partial charge in [-0.3, -0.25) is 4.79 Å². The van der Waals surface area contributed by atoms with Gasteiger partial charge in [-0.1, -0.05) is 36.4 Å². The van der Waals surface area contributed by atoms with Crippen molar-refractivity contribution in [3.63, 3.8) is 0 Å². The van der Waals surface area contributed by atoms with Gasteiger partial charge >= 0.3 is 0 Å². The van der Waals surface area contributed by atoms with Gasteiger partial charge in [0.25, 0.3) is 0 Å². The summed E-state index contributed by atoms with van der Waals surface area (Å²) >= 11 is 0. The molecule has 1 amide bonds. The summed E-state index contributed by atoms with van der Waals surface area (Å²) in [6.45, 7) is 4.03. The van der Waals surface area contributed by atoms with Crippen LogP contribution in [0.3, 0.4) is 0 Å². The van der Waals surface area contributed by atoms with E-state index in [0.29, 0.717) is 24.8 Å². The van der Waals surface area contributed by atoms with Gasteiger partial charge in [-0.15, -0.1) is 0 Å². The van der Waals surface area contributed by atoms with Crippen molar-refractivity contribution in [1.29, 1.82) is 0 Å². The van der Waals surface area contributed by atoms with E-state index in [4.69, 9.17) is 9.84 Å². The predicted octanol–water partition coefficient (Wildman–Crippen LogP) is 4.49. The maximum atomic E-state index is 12.2. The minimum absolute atomic E-state index is 0.0937. The normalized spacial score (nSPS) is 13.4. The zero-order valence-corrected chi connectivity index (χ0v) is 16.3. The monoisotopic (exact) mass is 375 g/mol. The third kappa shape index (κ3) is 4.09. The van der Waals surface area contributed by atoms with E-state index in [9.17, 15) is 4.79 Å². The van der Waals surface area contributed by atoms with Gasteiger partial charge in [-0.05, 0) is 56.9 Å². The fraction of sp³-hybridized carbons (Fsp3) is 0.304. The first-order valence-electron chi connectivity index (χ1n) is 9.78. The van der Waals surface area contributed by atoms with Crippen LogP contribution in [0.2, 0.25) is 0 Å². The molecule has 2 aromatic carbocycles. The molecular formula is C23H25N3O2. The molecule has 1 heterocycles. The molecular weight excluding hydrogens is 350 g/mol. The zero-order chi connectivity index (χ0) is 19.5. The van der Waals surface area contributed by atoms with Gasteiger partial charge in [0.2, 0.25) is 11.8 Å². The van der Waals surface area contributed by atoms with Gasteiger partial charge in [0.15, 0.2) is 0 Å². The van der Waals surface area contributed by atoms with E-state index >= 15 is 0 Å². The smallest absolute Gasteiger partial charge is 0.226 e. The SMILES string of the molecule is Cc1ccccc1-n1nc(C)c(CCC(=O)NC2CC2)c1Oc1ccccc1. The first-order valence-corrected chi connectivity index (χ1v) is 9.78. The Labute approximate surface area is 165 Å². The molecule has 1 aliphatic carbocycles. The first-order chi connectivity index (χ1) is 13.6. The molecule has 28 heavy (non-hydrogen) atoms. The van der Waals surface area contributed by atoms with Gasteiger partial charge in [-0.25, -0.2) is 0 Å². The number of hydrogen-bond acceptors (Lipinski definition) is 3. The summed E-state index contributed by atoms with van der Waals surface area (Å²) in [5.74, 6) is 1.52. The molecule has 4 rings (SSSR count). The number of aryl methyl sites for hydroxylation is 2. The van der Waals surface area contributed by atoms with Gasteiger partial charge in [0, 0.05) is 18.0 Å². The maximum absolute atomic E-state index is 12.2. The molecule has 1 aromatic heterocycles. The molecule has 3 aromatic rings. The summed E-state index contributed by atoms with van der Waals surface area (Å²) in [4.78, 5) is 12.2. The Bertz CT molecular complexity index is 975. The molecule has 0 unspecified atom stereocenters. The Hall–Kier alpha value is -3.08. The van der Waals surface area contributed by atoms with Crippen molar-refractivity contribution in [3.8, 4) is 17.3 Å². The standard InChI is InChI=1S/C23H25N3O2/c1-16-8-6-7-11-21(16)26-23(28-19-9-4-3-5-10-19)20(17(2)25-26)14-15-22(27)24-18-12-13-18/h3-11,18H,12-15H2,1-2H3,(H,24,27). The fourth-order valence-corrected chi connectivity index (χ4v) is 3.26. The second-order valence-corrected chi connectivity index (χ2v) is 7.32. The molecule has 144 valence electrons. The molecule has 0 radical (unpaired) electrons. The van der Waals surface area contributed by atoms with Crippen LogP contribution in [0.5, 0.6) is 11.6 Å². The number of carbonyl (C=O) groups excluding carboxylic acids is 1. The van der Waals surface area contributed by atoms with Crippen LogP contribution in [0.25, 0.3) is 5.69 Å². The Morgan fingerprint density at radius 3 is 2.54 bits per heavy atom. The van der Waals surface area contributed by atoms with Crippen LogP contribution in [-0.2, 0) is 11.2 Å². The van der Waals surface area contributed by atoms with Gasteiger partial charge in [-0.2, -0.15) is 9.78 Å². The predicted molar refractivity (Wildman–Crippen MR) is 109 cm³/mol. The number of aromatic nitrogens is 2. The lowest BCUT2D eigenvalue weighted by Crippen LogP contribution is -2.25. The van der Waals surface area contributed by atoms with Gasteiger partial charge in [0.05, 0.1) is 11.4 Å². The highest BCUT2D eigenvalue weighted by Gasteiger charge is 2.24. The highest BCUT2D eigenvalue weighted by atomic mass is 16.5. The average Bonchev–Trinajstić information content (AvgIpc) is 3.45. The molecule has 0 bridgehead atoms. The second-order valence-electron chi connectivity index (χ2n) is 7.32. The van der Waals surface area contributed by atoms with Crippen molar-refractivity contribution in [2.24, 2.45) is 0 Å². The Morgan fingerprint density at radius 1 is 1.11 bits per heavy atom. The number of amides is 1. The lowest BCUT2D eigenvalue weighted by Gasteiger charge is -2.13. The van der Waals surface area contributed by atoms with Gasteiger partial charge in [0.1, 0.15) is 5.75 Å². The number of rotatable bonds is 7. The molecule has 1 saturated carbocycles. The summed E-state index contributed by atoms with van der Waals surface area (Å²) < 4.78 is 8.12. The molecule has 1 aliphatic rings. The minimum atomic E-state index is 0.0937. The van der Waals surface area contributed by atoms with Crippen LogP contribution in [0, 0.1) is 13.8 Å². The third-order valence-electron chi connectivity index (χ3n) is 4.98. The summed E-state index contributed by atoms with van der Waals surface area (Å²) in [7, 11) is 0. The molecule has 5 nitrogen and oxygen atoms in total. The topological polar surface area (TPSA) is 56.2 Å². The van der Waals surface area contributed by atoms with E-state index in [-0.39, 0.29) is 5.91 Å². The van der Waals surface area contributed by atoms with Crippen LogP contribution < -0.4 is 10.1 Å². The third-order valence-corrected chi connectivity index (χ3v) is 4.98. The van der Waals surface area contributed by atoms with Crippen LogP contribution in [0.15, 0.2) is 54.6 Å². The average molecular weight is 375 g/mol. The largest absolute Gasteiger partial charge is 0.439 e. The van der Waals surface area contributed by atoms with Crippen LogP contribution in [0.1, 0.15) is 36.1 Å². The van der Waals surface area contributed by atoms with Crippen molar-refractivity contribution < 1.29 is 9.53 Å². The number of benzene rings is 2. The summed E-state index contributed by atoms with van der Waals surface area (Å²) in [6, 6.07) is 18.2. The number of ether oxygens (including phenoxy) is 1. The number of para-hydroxylation sites is 2. The van der Waals surface area contributed by atoms with Crippen molar-refractivity contribution in [2.75, 3.05) is 0 Å². The van der Waals surface area contributed by atoms with E-state index in [1.54, 1.807) is 0 Å². The molecule has 0 saturated heterocycles. The number of nitrogens with one attached hydrogen (secondary N) is 1. The molecule has 0 aliphatic heterocycles. The lowest BCUT2D eigenvalue weighted by atomic mass is 10.1. The second kappa shape index (κ2) is 7.89. The summed E-state index contributed by atoms with van der Waals surface area (Å²) in [5.41, 5.74) is 3.94. The van der Waals surface area contributed by atoms with E-state index < -0.39 is 0 Å². The van der Waals surface area contributed by atoms with Crippen molar-refractivity contribution in [1.82, 2.24) is 15.1 Å². The van der Waals surface area contributed by atoms with E-state index in [0.717, 1.165) is 41.1 Å². The van der Waals surface area contributed by atoms with Gasteiger partial charge < -0.3 is 10.1 Å². The number of nitrogens with zero attached hydrogens (tertiary/aromatic N) is 2. The van der Waals surface area contributed by atoms with E-state index in [2.05, 4.69) is 18.3 Å². The lowest BCUT2D eigenvalue weighted by molar-refractivity contribution is -0.121. The molecule has 5 heteroatoms. The number of hydrogen-bond donors (Lipinski definition) is 1. The van der Waals surface area contributed by atoms with Crippen molar-refractivity contribution >= 4 is 5.91 Å². The van der Waals surface area contributed by atoms with Crippen LogP contribution in [0.4, 0.5) is 0 Å². The quantitative estimate of drug-likeness (QED) is 0.662. The van der Waals surface area contributed by atoms with Crippen LogP contribution in [-0.4, -0.2) is 21.7 Å². The number of carbonyl (C=O) groups is 1. The van der Waals surface area contributed by atoms with Crippen molar-refractivity contribution in [3.05, 3.63) is 71.4 Å². The van der Waals surface area contributed by atoms with Crippen molar-refractivity contribution in [2.45, 2.75) is 45.6 Å². The first kappa shape index (κ1) is 18.3. The Kier molecular flexibility index (Phi) is 5.15. The molecule has 1 fully saturated rings. The van der Waals surface area contributed by atoms with Crippen LogP contribution >= 0.6 is 0 Å². The maximum Gasteiger partial charge on any atom is 0.226 e. The fourth-order valence-electron chi connectivity index (χ4n) is 3.26.